The highest BCUT2D eigenvalue weighted by atomic mass is 16.2. The second-order valence-electron chi connectivity index (χ2n) is 5.19. The minimum Gasteiger partial charge on any atom is -0.357 e. The van der Waals surface area contributed by atoms with Crippen LogP contribution < -0.4 is 16.5 Å². The summed E-state index contributed by atoms with van der Waals surface area (Å²) in [4.78, 5) is 25.7. The molecule has 1 unspecified atom stereocenters. The molecule has 1 spiro atoms. The predicted octanol–water partition coefficient (Wildman–Crippen LogP) is -0.0155. The van der Waals surface area contributed by atoms with Crippen molar-refractivity contribution in [1.82, 2.24) is 10.3 Å². The molecule has 2 saturated carbocycles. The highest BCUT2D eigenvalue weighted by Crippen LogP contribution is 2.59. The van der Waals surface area contributed by atoms with Crippen molar-refractivity contribution in [2.24, 2.45) is 11.1 Å². The molecule has 2 fully saturated rings. The average molecular weight is 233 g/mol. The zero-order chi connectivity index (χ0) is 12.0. The number of hydrogen-bond acceptors (Lipinski definition) is 3. The van der Waals surface area contributed by atoms with Crippen LogP contribution in [0.25, 0.3) is 0 Å². The maximum Gasteiger partial charge on any atom is 0.268 e. The molecule has 2 aliphatic rings. The van der Waals surface area contributed by atoms with Crippen molar-refractivity contribution in [3.05, 3.63) is 34.2 Å². The summed E-state index contributed by atoms with van der Waals surface area (Å²) in [7, 11) is 0. The molecule has 17 heavy (non-hydrogen) atoms. The van der Waals surface area contributed by atoms with E-state index >= 15 is 0 Å². The molecule has 90 valence electrons. The number of carbonyl (C=O) groups excluding carboxylic acids is 1. The molecular formula is C12H15N3O2. The lowest BCUT2D eigenvalue weighted by Crippen LogP contribution is -2.47. The summed E-state index contributed by atoms with van der Waals surface area (Å²) < 4.78 is 0. The van der Waals surface area contributed by atoms with E-state index in [0.29, 0.717) is 17.2 Å². The van der Waals surface area contributed by atoms with Crippen LogP contribution in [0.2, 0.25) is 0 Å². The van der Waals surface area contributed by atoms with Crippen molar-refractivity contribution >= 4 is 5.91 Å². The van der Waals surface area contributed by atoms with E-state index < -0.39 is 0 Å². The fourth-order valence-corrected chi connectivity index (χ4v) is 2.71. The lowest BCUT2D eigenvalue weighted by molar-refractivity contribution is 0.0868. The van der Waals surface area contributed by atoms with E-state index in [1.54, 1.807) is 0 Å². The van der Waals surface area contributed by atoms with Gasteiger partial charge in [0.15, 0.2) is 5.43 Å². The Morgan fingerprint density at radius 1 is 1.47 bits per heavy atom. The Hall–Kier alpha value is -1.62. The largest absolute Gasteiger partial charge is 0.357 e. The van der Waals surface area contributed by atoms with Crippen molar-refractivity contribution in [2.75, 3.05) is 0 Å². The summed E-state index contributed by atoms with van der Waals surface area (Å²) in [5.74, 6) is -0.211. The maximum absolute atomic E-state index is 11.8. The van der Waals surface area contributed by atoms with E-state index in [4.69, 9.17) is 5.73 Å². The predicted molar refractivity (Wildman–Crippen MR) is 62.6 cm³/mol. The normalized spacial score (nSPS) is 34.2. The topological polar surface area (TPSA) is 88.0 Å². The van der Waals surface area contributed by atoms with Gasteiger partial charge in [-0.15, -0.1) is 0 Å². The SMILES string of the molecule is NC1CC12CC(NC(=O)c1cc(=O)cc[nH]1)C2. The van der Waals surface area contributed by atoms with Crippen LogP contribution in [0, 0.1) is 5.41 Å². The Labute approximate surface area is 98.4 Å². The molecule has 1 aromatic heterocycles. The maximum atomic E-state index is 11.8. The summed E-state index contributed by atoms with van der Waals surface area (Å²) >= 11 is 0. The molecule has 5 heteroatoms. The molecule has 5 nitrogen and oxygen atoms in total. The minimum absolute atomic E-state index is 0.164. The number of aromatic amines is 1. The number of rotatable bonds is 2. The number of pyridine rings is 1. The first-order chi connectivity index (χ1) is 8.09. The van der Waals surface area contributed by atoms with Crippen LogP contribution in [0.5, 0.6) is 0 Å². The summed E-state index contributed by atoms with van der Waals surface area (Å²) in [6.45, 7) is 0. The molecule has 0 radical (unpaired) electrons. The summed E-state index contributed by atoms with van der Waals surface area (Å²) in [5.41, 5.74) is 6.30. The van der Waals surface area contributed by atoms with Crippen LogP contribution in [0.3, 0.4) is 0 Å². The van der Waals surface area contributed by atoms with Gasteiger partial charge < -0.3 is 16.0 Å². The zero-order valence-corrected chi connectivity index (χ0v) is 9.40. The summed E-state index contributed by atoms with van der Waals surface area (Å²) in [5, 5.41) is 2.91. The van der Waals surface area contributed by atoms with E-state index in [-0.39, 0.29) is 17.4 Å². The lowest BCUT2D eigenvalue weighted by Gasteiger charge is -2.36. The third kappa shape index (κ3) is 1.76. The van der Waals surface area contributed by atoms with Crippen molar-refractivity contribution in [3.8, 4) is 0 Å². The number of aromatic nitrogens is 1. The molecule has 0 aliphatic heterocycles. The van der Waals surface area contributed by atoms with E-state index in [9.17, 15) is 9.59 Å². The minimum atomic E-state index is -0.211. The van der Waals surface area contributed by atoms with E-state index in [2.05, 4.69) is 10.3 Å². The molecule has 0 aromatic carbocycles. The third-order valence-electron chi connectivity index (χ3n) is 3.91. The monoisotopic (exact) mass is 233 g/mol. The molecule has 4 N–H and O–H groups in total. The van der Waals surface area contributed by atoms with Gasteiger partial charge in [-0.3, -0.25) is 9.59 Å². The first-order valence-corrected chi connectivity index (χ1v) is 5.84. The molecule has 2 aliphatic carbocycles. The Kier molecular flexibility index (Phi) is 2.13. The second-order valence-corrected chi connectivity index (χ2v) is 5.19. The van der Waals surface area contributed by atoms with Gasteiger partial charge >= 0.3 is 0 Å². The Morgan fingerprint density at radius 3 is 2.76 bits per heavy atom. The molecule has 1 amide bonds. The quantitative estimate of drug-likeness (QED) is 0.671. The molecular weight excluding hydrogens is 218 g/mol. The summed E-state index contributed by atoms with van der Waals surface area (Å²) in [6.07, 6.45) is 4.51. The van der Waals surface area contributed by atoms with Gasteiger partial charge in [-0.25, -0.2) is 0 Å². The van der Waals surface area contributed by atoms with Crippen LogP contribution >= 0.6 is 0 Å². The molecule has 1 atom stereocenters. The number of H-pyrrole nitrogens is 1. The molecule has 0 saturated heterocycles. The Bertz CT molecular complexity index is 516. The standard InChI is InChI=1S/C12H15N3O2/c13-10-6-12(10)4-7(5-12)15-11(17)9-3-8(16)1-2-14-9/h1-3,7,10H,4-6,13H2,(H,14,16)(H,15,17). The van der Waals surface area contributed by atoms with Crippen LogP contribution in [0.4, 0.5) is 0 Å². The number of hydrogen-bond donors (Lipinski definition) is 3. The highest BCUT2D eigenvalue weighted by molar-refractivity contribution is 5.92. The molecule has 1 aromatic rings. The van der Waals surface area contributed by atoms with Gasteiger partial charge in [0, 0.05) is 30.4 Å². The molecule has 0 bridgehead atoms. The first-order valence-electron chi connectivity index (χ1n) is 5.84. The number of nitrogens with two attached hydrogens (primary N) is 1. The fourth-order valence-electron chi connectivity index (χ4n) is 2.71. The van der Waals surface area contributed by atoms with E-state index in [1.807, 2.05) is 0 Å². The fraction of sp³-hybridized carbons (Fsp3) is 0.500. The van der Waals surface area contributed by atoms with Crippen LogP contribution in [0.1, 0.15) is 29.8 Å². The van der Waals surface area contributed by atoms with Gasteiger partial charge in [-0.1, -0.05) is 0 Å². The molecule has 3 rings (SSSR count). The van der Waals surface area contributed by atoms with Gasteiger partial charge in [0.2, 0.25) is 0 Å². The summed E-state index contributed by atoms with van der Waals surface area (Å²) in [6, 6.07) is 3.23. The van der Waals surface area contributed by atoms with Crippen molar-refractivity contribution in [1.29, 1.82) is 0 Å². The van der Waals surface area contributed by atoms with Gasteiger partial charge in [0.25, 0.3) is 5.91 Å². The van der Waals surface area contributed by atoms with Crippen LogP contribution in [-0.4, -0.2) is 23.0 Å². The third-order valence-corrected chi connectivity index (χ3v) is 3.91. The van der Waals surface area contributed by atoms with Gasteiger partial charge in [-0.2, -0.15) is 0 Å². The number of carbonyl (C=O) groups is 1. The van der Waals surface area contributed by atoms with Crippen molar-refractivity contribution in [3.63, 3.8) is 0 Å². The Balaban J connectivity index is 1.60. The molecule has 1 heterocycles. The number of amides is 1. The lowest BCUT2D eigenvalue weighted by atomic mass is 9.76. The van der Waals surface area contributed by atoms with Crippen LogP contribution in [0.15, 0.2) is 23.1 Å². The van der Waals surface area contributed by atoms with Crippen molar-refractivity contribution < 1.29 is 4.79 Å². The Morgan fingerprint density at radius 2 is 2.18 bits per heavy atom. The average Bonchev–Trinajstić information content (AvgIpc) is 2.89. The van der Waals surface area contributed by atoms with Crippen LogP contribution in [-0.2, 0) is 0 Å². The van der Waals surface area contributed by atoms with E-state index in [1.165, 1.54) is 18.3 Å². The van der Waals surface area contributed by atoms with E-state index in [0.717, 1.165) is 19.3 Å². The first kappa shape index (κ1) is 10.5. The van der Waals surface area contributed by atoms with Gasteiger partial charge in [0.05, 0.1) is 0 Å². The highest BCUT2D eigenvalue weighted by Gasteiger charge is 2.60. The smallest absolute Gasteiger partial charge is 0.268 e. The second kappa shape index (κ2) is 3.43. The van der Waals surface area contributed by atoms with Gasteiger partial charge in [-0.05, 0) is 24.7 Å². The van der Waals surface area contributed by atoms with Gasteiger partial charge in [0.1, 0.15) is 5.69 Å². The number of nitrogens with one attached hydrogen (secondary N) is 2. The van der Waals surface area contributed by atoms with Crippen molar-refractivity contribution in [2.45, 2.75) is 31.3 Å². The zero-order valence-electron chi connectivity index (χ0n) is 9.40.